The lowest BCUT2D eigenvalue weighted by atomic mass is 9.72. The van der Waals surface area contributed by atoms with Crippen LogP contribution >= 0.6 is 0 Å². The minimum atomic E-state index is -0.632. The lowest BCUT2D eigenvalue weighted by molar-refractivity contribution is -0.137. The molecule has 0 aromatic heterocycles. The summed E-state index contributed by atoms with van der Waals surface area (Å²) in [4.78, 5) is 10.5. The van der Waals surface area contributed by atoms with Gasteiger partial charge < -0.3 is 5.11 Å². The van der Waals surface area contributed by atoms with Gasteiger partial charge in [0.2, 0.25) is 0 Å². The van der Waals surface area contributed by atoms with E-state index in [4.69, 9.17) is 5.11 Å². The second kappa shape index (κ2) is 3.25. The summed E-state index contributed by atoms with van der Waals surface area (Å²) in [6.07, 6.45) is 5.24. The fourth-order valence-electron chi connectivity index (χ4n) is 3.60. The van der Waals surface area contributed by atoms with Crippen molar-refractivity contribution >= 4 is 5.97 Å². The molecule has 1 N–H and O–H groups in total. The number of carboxylic acids is 1. The van der Waals surface area contributed by atoms with Crippen LogP contribution in [0.5, 0.6) is 0 Å². The Bertz CT molecular complexity index is 245. The third-order valence-corrected chi connectivity index (χ3v) is 4.46. The normalized spacial score (nSPS) is 38.9. The van der Waals surface area contributed by atoms with Gasteiger partial charge in [-0.05, 0) is 48.9 Å². The molecule has 0 aromatic rings. The third kappa shape index (κ3) is 1.67. The van der Waals surface area contributed by atoms with Crippen LogP contribution in [0.4, 0.5) is 0 Å². The van der Waals surface area contributed by atoms with Crippen LogP contribution in [0.15, 0.2) is 0 Å². The maximum Gasteiger partial charge on any atom is 0.303 e. The molecule has 2 fully saturated rings. The predicted octanol–water partition coefficient (Wildman–Crippen LogP) is 2.92. The Balaban J connectivity index is 1.87. The first kappa shape index (κ1) is 10.0. The number of aliphatic carboxylic acids is 1. The molecule has 14 heavy (non-hydrogen) atoms. The third-order valence-electron chi connectivity index (χ3n) is 4.46. The molecule has 0 aromatic carbocycles. The van der Waals surface area contributed by atoms with E-state index in [0.29, 0.717) is 17.8 Å². The van der Waals surface area contributed by atoms with Crippen molar-refractivity contribution in [2.75, 3.05) is 0 Å². The summed E-state index contributed by atoms with van der Waals surface area (Å²) in [5, 5.41) is 8.65. The van der Waals surface area contributed by atoms with Gasteiger partial charge in [0.15, 0.2) is 0 Å². The zero-order chi connectivity index (χ0) is 10.3. The highest BCUT2D eigenvalue weighted by Crippen LogP contribution is 2.58. The quantitative estimate of drug-likeness (QED) is 0.753. The lowest BCUT2D eigenvalue weighted by Gasteiger charge is -2.33. The summed E-state index contributed by atoms with van der Waals surface area (Å²) in [6.45, 7) is 4.73. The van der Waals surface area contributed by atoms with E-state index in [2.05, 4.69) is 13.8 Å². The average Bonchev–Trinajstić information content (AvgIpc) is 2.55. The fraction of sp³-hybridized carbons (Fsp3) is 0.917. The van der Waals surface area contributed by atoms with E-state index in [1.54, 1.807) is 0 Å². The number of hydrogen-bond donors (Lipinski definition) is 1. The number of hydrogen-bond acceptors (Lipinski definition) is 1. The van der Waals surface area contributed by atoms with Crippen molar-refractivity contribution < 1.29 is 9.90 Å². The number of carbonyl (C=O) groups is 1. The Labute approximate surface area is 85.7 Å². The maximum atomic E-state index is 10.5. The van der Waals surface area contributed by atoms with E-state index in [1.807, 2.05) is 0 Å². The highest BCUT2D eigenvalue weighted by molar-refractivity contribution is 5.66. The van der Waals surface area contributed by atoms with Crippen LogP contribution in [0.25, 0.3) is 0 Å². The van der Waals surface area contributed by atoms with Gasteiger partial charge in [-0.25, -0.2) is 0 Å². The number of carboxylic acid groups (broad SMARTS) is 1. The molecular formula is C12H20O2. The molecule has 80 valence electrons. The van der Waals surface area contributed by atoms with Crippen molar-refractivity contribution in [3.05, 3.63) is 0 Å². The van der Waals surface area contributed by atoms with Crippen LogP contribution in [0, 0.1) is 23.2 Å². The van der Waals surface area contributed by atoms with Gasteiger partial charge in [0.05, 0.1) is 0 Å². The Hall–Kier alpha value is -0.530. The highest BCUT2D eigenvalue weighted by Gasteiger charge is 2.49. The summed E-state index contributed by atoms with van der Waals surface area (Å²) in [6, 6.07) is 0. The van der Waals surface area contributed by atoms with Crippen LogP contribution in [0.3, 0.4) is 0 Å². The molecule has 2 heteroatoms. The van der Waals surface area contributed by atoms with Crippen LogP contribution < -0.4 is 0 Å². The van der Waals surface area contributed by atoms with E-state index in [0.717, 1.165) is 18.3 Å². The summed E-state index contributed by atoms with van der Waals surface area (Å²) in [7, 11) is 0. The molecule has 2 aliphatic carbocycles. The topological polar surface area (TPSA) is 37.3 Å². The van der Waals surface area contributed by atoms with Crippen molar-refractivity contribution in [1.82, 2.24) is 0 Å². The molecule has 0 saturated heterocycles. The molecule has 2 rings (SSSR count). The van der Waals surface area contributed by atoms with E-state index in [1.165, 1.54) is 19.3 Å². The molecule has 2 saturated carbocycles. The van der Waals surface area contributed by atoms with Crippen LogP contribution in [-0.2, 0) is 4.79 Å². The lowest BCUT2D eigenvalue weighted by Crippen LogP contribution is -2.24. The summed E-state index contributed by atoms with van der Waals surface area (Å²) in [5.41, 5.74) is 0.532. The van der Waals surface area contributed by atoms with Gasteiger partial charge in [-0.3, -0.25) is 4.79 Å². The van der Waals surface area contributed by atoms with Crippen LogP contribution in [0.1, 0.15) is 46.0 Å². The first-order chi connectivity index (χ1) is 6.49. The molecule has 3 atom stereocenters. The van der Waals surface area contributed by atoms with Crippen molar-refractivity contribution in [3.63, 3.8) is 0 Å². The first-order valence-corrected chi connectivity index (χ1v) is 5.71. The van der Waals surface area contributed by atoms with Crippen LogP contribution in [0.2, 0.25) is 0 Å². The largest absolute Gasteiger partial charge is 0.481 e. The maximum absolute atomic E-state index is 10.5. The second-order valence-corrected chi connectivity index (χ2v) is 5.81. The Morgan fingerprint density at radius 2 is 2.14 bits per heavy atom. The summed E-state index contributed by atoms with van der Waals surface area (Å²) < 4.78 is 0. The van der Waals surface area contributed by atoms with Crippen molar-refractivity contribution in [1.29, 1.82) is 0 Å². The van der Waals surface area contributed by atoms with Crippen molar-refractivity contribution in [2.24, 2.45) is 23.2 Å². The highest BCUT2D eigenvalue weighted by atomic mass is 16.4. The molecule has 2 nitrogen and oxygen atoms in total. The van der Waals surface area contributed by atoms with Gasteiger partial charge in [-0.2, -0.15) is 0 Å². The molecule has 0 spiro atoms. The Kier molecular flexibility index (Phi) is 2.32. The van der Waals surface area contributed by atoms with E-state index >= 15 is 0 Å². The van der Waals surface area contributed by atoms with Gasteiger partial charge >= 0.3 is 5.97 Å². The number of fused-ring (bicyclic) bond motifs is 2. The SMILES string of the molecule is CC1(C)CC2CC1CC2CCC(=O)O. The first-order valence-electron chi connectivity index (χ1n) is 5.71. The van der Waals surface area contributed by atoms with Gasteiger partial charge in [0, 0.05) is 6.42 Å². The zero-order valence-corrected chi connectivity index (χ0v) is 9.12. The molecule has 2 aliphatic rings. The molecule has 3 unspecified atom stereocenters. The van der Waals surface area contributed by atoms with Gasteiger partial charge in [-0.1, -0.05) is 13.8 Å². The Morgan fingerprint density at radius 1 is 1.43 bits per heavy atom. The molecule has 0 radical (unpaired) electrons. The molecule has 2 bridgehead atoms. The standard InChI is InChI=1S/C12H20O2/c1-12(2)7-9-6-10(12)5-8(9)3-4-11(13)14/h8-10H,3-7H2,1-2H3,(H,13,14). The number of rotatable bonds is 3. The second-order valence-electron chi connectivity index (χ2n) is 5.81. The van der Waals surface area contributed by atoms with Crippen LogP contribution in [-0.4, -0.2) is 11.1 Å². The van der Waals surface area contributed by atoms with Crippen molar-refractivity contribution in [2.45, 2.75) is 46.0 Å². The van der Waals surface area contributed by atoms with E-state index < -0.39 is 5.97 Å². The average molecular weight is 196 g/mol. The molecule has 0 aliphatic heterocycles. The smallest absolute Gasteiger partial charge is 0.303 e. The van der Waals surface area contributed by atoms with Gasteiger partial charge in [-0.15, -0.1) is 0 Å². The summed E-state index contributed by atoms with van der Waals surface area (Å²) >= 11 is 0. The monoisotopic (exact) mass is 196 g/mol. The molecule has 0 amide bonds. The van der Waals surface area contributed by atoms with Crippen molar-refractivity contribution in [3.8, 4) is 0 Å². The molecular weight excluding hydrogens is 176 g/mol. The zero-order valence-electron chi connectivity index (χ0n) is 9.12. The summed E-state index contributed by atoms with van der Waals surface area (Å²) in [5.74, 6) is 1.77. The van der Waals surface area contributed by atoms with E-state index in [9.17, 15) is 4.79 Å². The minimum absolute atomic E-state index is 0.369. The predicted molar refractivity (Wildman–Crippen MR) is 55.0 cm³/mol. The Morgan fingerprint density at radius 3 is 2.57 bits per heavy atom. The minimum Gasteiger partial charge on any atom is -0.481 e. The van der Waals surface area contributed by atoms with Gasteiger partial charge in [0.1, 0.15) is 0 Å². The van der Waals surface area contributed by atoms with Gasteiger partial charge in [0.25, 0.3) is 0 Å². The fourth-order valence-corrected chi connectivity index (χ4v) is 3.60. The van der Waals surface area contributed by atoms with E-state index in [-0.39, 0.29) is 0 Å². The molecule has 0 heterocycles.